The Balaban J connectivity index is 1.49. The lowest BCUT2D eigenvalue weighted by Gasteiger charge is -2.07. The summed E-state index contributed by atoms with van der Waals surface area (Å²) in [6.07, 6.45) is 0. The Labute approximate surface area is 177 Å². The van der Waals surface area contributed by atoms with Crippen molar-refractivity contribution in [1.29, 1.82) is 0 Å². The number of rotatable bonds is 8. The fourth-order valence-electron chi connectivity index (χ4n) is 2.47. The zero-order chi connectivity index (χ0) is 21.3. The Hall–Kier alpha value is -3.53. The molecule has 0 aliphatic carbocycles. The molecule has 30 heavy (non-hydrogen) atoms. The molecule has 0 spiro atoms. The van der Waals surface area contributed by atoms with E-state index >= 15 is 0 Å². The standard InChI is InChI=1S/C20H20N4O5S/c1-27-15-9-8-14(10-16(15)28-2)18-23-24-20(29-18)30-12-17(25)22-19(26)21-11-13-6-4-3-5-7-13/h3-10H,11-12H2,1-2H3,(H2,21,22,25,26). The van der Waals surface area contributed by atoms with Crippen molar-refractivity contribution in [2.75, 3.05) is 20.0 Å². The van der Waals surface area contributed by atoms with E-state index in [-0.39, 0.29) is 16.9 Å². The second-order valence-corrected chi connectivity index (χ2v) is 6.87. The van der Waals surface area contributed by atoms with E-state index in [1.54, 1.807) is 25.3 Å². The van der Waals surface area contributed by atoms with Crippen molar-refractivity contribution < 1.29 is 23.5 Å². The van der Waals surface area contributed by atoms with Crippen molar-refractivity contribution >= 4 is 23.7 Å². The van der Waals surface area contributed by atoms with Crippen molar-refractivity contribution in [2.24, 2.45) is 0 Å². The molecule has 10 heteroatoms. The topological polar surface area (TPSA) is 116 Å². The minimum Gasteiger partial charge on any atom is -0.493 e. The Morgan fingerprint density at radius 1 is 1.03 bits per heavy atom. The average Bonchev–Trinajstić information content (AvgIpc) is 3.25. The van der Waals surface area contributed by atoms with Gasteiger partial charge in [0.2, 0.25) is 11.8 Å². The van der Waals surface area contributed by atoms with Gasteiger partial charge in [-0.2, -0.15) is 0 Å². The molecule has 0 aliphatic rings. The molecule has 0 atom stereocenters. The summed E-state index contributed by atoms with van der Waals surface area (Å²) in [5, 5.41) is 13.0. The number of nitrogens with one attached hydrogen (secondary N) is 2. The molecule has 1 heterocycles. The number of methoxy groups -OCH3 is 2. The molecule has 2 N–H and O–H groups in total. The third-order valence-corrected chi connectivity index (χ3v) is 4.73. The first kappa shape index (κ1) is 21.2. The highest BCUT2D eigenvalue weighted by Crippen LogP contribution is 2.32. The number of aromatic nitrogens is 2. The van der Waals surface area contributed by atoms with Gasteiger partial charge < -0.3 is 19.2 Å². The first-order valence-electron chi connectivity index (χ1n) is 8.89. The van der Waals surface area contributed by atoms with Crippen LogP contribution in [-0.2, 0) is 11.3 Å². The number of carbonyl (C=O) groups is 2. The first-order chi connectivity index (χ1) is 14.6. The highest BCUT2D eigenvalue weighted by atomic mass is 32.2. The maximum absolute atomic E-state index is 12.0. The second-order valence-electron chi connectivity index (χ2n) is 5.95. The summed E-state index contributed by atoms with van der Waals surface area (Å²) >= 11 is 1.03. The highest BCUT2D eigenvalue weighted by molar-refractivity contribution is 7.99. The number of ether oxygens (including phenoxy) is 2. The smallest absolute Gasteiger partial charge is 0.321 e. The molecule has 2 aromatic carbocycles. The van der Waals surface area contributed by atoms with E-state index in [4.69, 9.17) is 13.9 Å². The summed E-state index contributed by atoms with van der Waals surface area (Å²) in [6.45, 7) is 0.325. The van der Waals surface area contributed by atoms with Crippen LogP contribution in [0.5, 0.6) is 11.5 Å². The lowest BCUT2D eigenvalue weighted by Crippen LogP contribution is -2.39. The molecule has 0 saturated carbocycles. The molecule has 3 rings (SSSR count). The van der Waals surface area contributed by atoms with Gasteiger partial charge in [-0.1, -0.05) is 42.1 Å². The molecule has 156 valence electrons. The molecule has 0 aliphatic heterocycles. The molecule has 9 nitrogen and oxygen atoms in total. The van der Waals surface area contributed by atoms with Crippen LogP contribution in [0.4, 0.5) is 4.79 Å². The maximum atomic E-state index is 12.0. The molecule has 3 amide bonds. The van der Waals surface area contributed by atoms with Crippen LogP contribution in [0.2, 0.25) is 0 Å². The number of nitrogens with zero attached hydrogens (tertiary/aromatic N) is 2. The van der Waals surface area contributed by atoms with Crippen molar-refractivity contribution in [3.8, 4) is 23.0 Å². The Morgan fingerprint density at radius 3 is 2.53 bits per heavy atom. The summed E-state index contributed by atoms with van der Waals surface area (Å²) in [4.78, 5) is 23.8. The largest absolute Gasteiger partial charge is 0.493 e. The van der Waals surface area contributed by atoms with E-state index in [9.17, 15) is 9.59 Å². The van der Waals surface area contributed by atoms with Gasteiger partial charge in [0.15, 0.2) is 11.5 Å². The van der Waals surface area contributed by atoms with Gasteiger partial charge in [-0.3, -0.25) is 10.1 Å². The lowest BCUT2D eigenvalue weighted by molar-refractivity contribution is -0.117. The van der Waals surface area contributed by atoms with E-state index in [0.29, 0.717) is 23.6 Å². The van der Waals surface area contributed by atoms with Crippen molar-refractivity contribution in [2.45, 2.75) is 11.8 Å². The van der Waals surface area contributed by atoms with Crippen LogP contribution in [-0.4, -0.2) is 42.1 Å². The zero-order valence-corrected chi connectivity index (χ0v) is 17.2. The molecule has 0 bridgehead atoms. The Bertz CT molecular complexity index is 1010. The minimum atomic E-state index is -0.569. The minimum absolute atomic E-state index is 0.0493. The van der Waals surface area contributed by atoms with Crippen molar-refractivity contribution in [3.05, 3.63) is 54.1 Å². The quantitative estimate of drug-likeness (QED) is 0.526. The normalized spacial score (nSPS) is 10.3. The lowest BCUT2D eigenvalue weighted by atomic mass is 10.2. The summed E-state index contributed by atoms with van der Waals surface area (Å²) in [5.41, 5.74) is 1.58. The molecule has 3 aromatic rings. The summed E-state index contributed by atoms with van der Waals surface area (Å²) in [7, 11) is 3.08. The van der Waals surface area contributed by atoms with Gasteiger partial charge in [0.1, 0.15) is 0 Å². The van der Waals surface area contributed by atoms with Crippen LogP contribution in [0.3, 0.4) is 0 Å². The summed E-state index contributed by atoms with van der Waals surface area (Å²) in [6, 6.07) is 14.0. The van der Waals surface area contributed by atoms with Gasteiger partial charge in [-0.25, -0.2) is 4.79 Å². The molecule has 0 radical (unpaired) electrons. The molecule has 0 saturated heterocycles. The third-order valence-electron chi connectivity index (χ3n) is 3.91. The summed E-state index contributed by atoms with van der Waals surface area (Å²) in [5.74, 6) is 0.864. The van der Waals surface area contributed by atoms with Gasteiger partial charge in [-0.15, -0.1) is 10.2 Å². The van der Waals surface area contributed by atoms with Crippen LogP contribution >= 0.6 is 11.8 Å². The maximum Gasteiger partial charge on any atom is 0.321 e. The van der Waals surface area contributed by atoms with E-state index in [1.807, 2.05) is 30.3 Å². The molecular formula is C20H20N4O5S. The van der Waals surface area contributed by atoms with Crippen LogP contribution in [0.1, 0.15) is 5.56 Å². The van der Waals surface area contributed by atoms with Crippen molar-refractivity contribution in [3.63, 3.8) is 0 Å². The van der Waals surface area contributed by atoms with Crippen LogP contribution in [0, 0.1) is 0 Å². The van der Waals surface area contributed by atoms with Gasteiger partial charge in [0, 0.05) is 12.1 Å². The number of urea groups is 1. The van der Waals surface area contributed by atoms with E-state index < -0.39 is 11.9 Å². The molecule has 1 aromatic heterocycles. The predicted octanol–water partition coefficient (Wildman–Crippen LogP) is 2.87. The number of thioether (sulfide) groups is 1. The van der Waals surface area contributed by atoms with Crippen molar-refractivity contribution in [1.82, 2.24) is 20.8 Å². The first-order valence-corrected chi connectivity index (χ1v) is 9.88. The van der Waals surface area contributed by atoms with E-state index in [2.05, 4.69) is 20.8 Å². The number of hydrogen-bond acceptors (Lipinski definition) is 8. The number of hydrogen-bond donors (Lipinski definition) is 2. The predicted molar refractivity (Wildman–Crippen MR) is 110 cm³/mol. The van der Waals surface area contributed by atoms with E-state index in [1.165, 1.54) is 7.11 Å². The average molecular weight is 428 g/mol. The van der Waals surface area contributed by atoms with Gasteiger partial charge >= 0.3 is 6.03 Å². The number of benzene rings is 2. The number of amides is 3. The second kappa shape index (κ2) is 10.3. The van der Waals surface area contributed by atoms with E-state index in [0.717, 1.165) is 17.3 Å². The summed E-state index contributed by atoms with van der Waals surface area (Å²) < 4.78 is 16.0. The monoisotopic (exact) mass is 428 g/mol. The zero-order valence-electron chi connectivity index (χ0n) is 16.4. The highest BCUT2D eigenvalue weighted by Gasteiger charge is 2.14. The Kier molecular flexibility index (Phi) is 7.28. The van der Waals surface area contributed by atoms with Gasteiger partial charge in [0.05, 0.1) is 20.0 Å². The fourth-order valence-corrected chi connectivity index (χ4v) is 3.03. The van der Waals surface area contributed by atoms with Crippen LogP contribution < -0.4 is 20.1 Å². The fraction of sp³-hybridized carbons (Fsp3) is 0.200. The SMILES string of the molecule is COc1ccc(-c2nnc(SCC(=O)NC(=O)NCc3ccccc3)o2)cc1OC. The molecule has 0 fully saturated rings. The van der Waals surface area contributed by atoms with Crippen LogP contribution in [0.15, 0.2) is 58.2 Å². The molecular weight excluding hydrogens is 408 g/mol. The number of carbonyl (C=O) groups excluding carboxylic acids is 2. The molecule has 0 unspecified atom stereocenters. The van der Waals surface area contributed by atoms with Crippen LogP contribution in [0.25, 0.3) is 11.5 Å². The number of imide groups is 1. The third kappa shape index (κ3) is 5.74. The van der Waals surface area contributed by atoms with Gasteiger partial charge in [0.25, 0.3) is 5.22 Å². The van der Waals surface area contributed by atoms with Gasteiger partial charge in [-0.05, 0) is 23.8 Å². The Morgan fingerprint density at radius 2 is 1.80 bits per heavy atom.